The molecule has 0 fully saturated rings. The number of carbonyl (C=O) groups excluding carboxylic acids is 1. The molecule has 31 heavy (non-hydrogen) atoms. The maximum absolute atomic E-state index is 12.8. The van der Waals surface area contributed by atoms with Gasteiger partial charge in [0.15, 0.2) is 5.58 Å². The highest BCUT2D eigenvalue weighted by Crippen LogP contribution is 2.33. The maximum atomic E-state index is 12.8. The van der Waals surface area contributed by atoms with E-state index in [1.54, 1.807) is 29.5 Å². The van der Waals surface area contributed by atoms with Crippen LogP contribution in [0.4, 0.5) is 5.69 Å². The Balaban J connectivity index is 1.46. The number of hydrogen-bond donors (Lipinski definition) is 1. The van der Waals surface area contributed by atoms with Gasteiger partial charge < -0.3 is 9.84 Å². The third-order valence-electron chi connectivity index (χ3n) is 5.26. The Hall–Kier alpha value is -3.77. The Morgan fingerprint density at radius 3 is 2.61 bits per heavy atom. The number of hydrogen-bond acceptors (Lipinski definition) is 5. The number of nitrogens with zero attached hydrogens (tertiary/aromatic N) is 2. The Bertz CT molecular complexity index is 1400. The van der Waals surface area contributed by atoms with Crippen molar-refractivity contribution in [2.45, 2.75) is 13.8 Å². The SMILES string of the molecule is Cc1ccc(NC(=O)c2ccc3onc(-c4csc(-c5ccccc5)n4)c3c2)cc1C. The van der Waals surface area contributed by atoms with E-state index in [0.717, 1.165) is 32.9 Å². The number of nitrogens with one attached hydrogen (secondary N) is 1. The zero-order chi connectivity index (χ0) is 21.4. The van der Waals surface area contributed by atoms with Crippen molar-refractivity contribution in [3.63, 3.8) is 0 Å². The number of carbonyl (C=O) groups is 1. The summed E-state index contributed by atoms with van der Waals surface area (Å²) in [5, 5.41) is 10.8. The molecule has 5 nitrogen and oxygen atoms in total. The number of thiazole rings is 1. The Labute approximate surface area is 183 Å². The molecule has 6 heteroatoms. The van der Waals surface area contributed by atoms with Gasteiger partial charge in [0.05, 0.1) is 5.39 Å². The molecule has 1 amide bonds. The summed E-state index contributed by atoms with van der Waals surface area (Å²) in [4.78, 5) is 17.6. The Morgan fingerprint density at radius 1 is 0.968 bits per heavy atom. The molecule has 5 aromatic rings. The fourth-order valence-electron chi connectivity index (χ4n) is 3.38. The predicted octanol–water partition coefficient (Wildman–Crippen LogP) is 6.49. The summed E-state index contributed by atoms with van der Waals surface area (Å²) in [5.74, 6) is -0.180. The highest BCUT2D eigenvalue weighted by molar-refractivity contribution is 7.13. The molecule has 0 spiro atoms. The number of aryl methyl sites for hydroxylation is 2. The number of fused-ring (bicyclic) bond motifs is 1. The number of anilines is 1. The van der Waals surface area contributed by atoms with Crippen molar-refractivity contribution >= 4 is 33.9 Å². The van der Waals surface area contributed by atoms with Gasteiger partial charge in [-0.3, -0.25) is 4.79 Å². The molecule has 0 unspecified atom stereocenters. The van der Waals surface area contributed by atoms with Gasteiger partial charge in [0.25, 0.3) is 5.91 Å². The van der Waals surface area contributed by atoms with E-state index < -0.39 is 0 Å². The van der Waals surface area contributed by atoms with Crippen LogP contribution in [0.25, 0.3) is 32.9 Å². The maximum Gasteiger partial charge on any atom is 0.255 e. The Kier molecular flexibility index (Phi) is 4.84. The zero-order valence-corrected chi connectivity index (χ0v) is 17.9. The van der Waals surface area contributed by atoms with Gasteiger partial charge in [0.1, 0.15) is 16.4 Å². The molecular weight excluding hydrogens is 406 g/mol. The third kappa shape index (κ3) is 3.73. The van der Waals surface area contributed by atoms with Gasteiger partial charge in [-0.25, -0.2) is 4.98 Å². The largest absolute Gasteiger partial charge is 0.356 e. The average molecular weight is 426 g/mol. The molecule has 3 aromatic carbocycles. The number of benzene rings is 3. The van der Waals surface area contributed by atoms with Gasteiger partial charge in [0, 0.05) is 22.2 Å². The first kappa shape index (κ1) is 19.2. The van der Waals surface area contributed by atoms with Crippen LogP contribution in [0.5, 0.6) is 0 Å². The first-order valence-electron chi connectivity index (χ1n) is 9.88. The van der Waals surface area contributed by atoms with Crippen LogP contribution in [-0.4, -0.2) is 16.0 Å². The lowest BCUT2D eigenvalue weighted by molar-refractivity contribution is 0.102. The fourth-order valence-corrected chi connectivity index (χ4v) is 4.19. The van der Waals surface area contributed by atoms with Crippen LogP contribution in [0.3, 0.4) is 0 Å². The van der Waals surface area contributed by atoms with Crippen LogP contribution >= 0.6 is 11.3 Å². The first-order valence-corrected chi connectivity index (χ1v) is 10.8. The van der Waals surface area contributed by atoms with Gasteiger partial charge in [-0.1, -0.05) is 41.6 Å². The van der Waals surface area contributed by atoms with Crippen molar-refractivity contribution in [1.82, 2.24) is 10.1 Å². The molecule has 0 atom stereocenters. The predicted molar refractivity (Wildman–Crippen MR) is 124 cm³/mol. The minimum absolute atomic E-state index is 0.180. The number of rotatable bonds is 4. The number of amides is 1. The molecule has 1 N–H and O–H groups in total. The van der Waals surface area contributed by atoms with Crippen LogP contribution in [0.1, 0.15) is 21.5 Å². The molecule has 0 aliphatic rings. The van der Waals surface area contributed by atoms with E-state index in [4.69, 9.17) is 9.51 Å². The van der Waals surface area contributed by atoms with E-state index in [1.807, 2.05) is 67.8 Å². The van der Waals surface area contributed by atoms with Crippen molar-refractivity contribution in [2.24, 2.45) is 0 Å². The number of aromatic nitrogens is 2. The van der Waals surface area contributed by atoms with Crippen molar-refractivity contribution in [2.75, 3.05) is 5.32 Å². The molecule has 0 saturated carbocycles. The smallest absolute Gasteiger partial charge is 0.255 e. The highest BCUT2D eigenvalue weighted by Gasteiger charge is 2.17. The summed E-state index contributed by atoms with van der Waals surface area (Å²) in [6.45, 7) is 4.07. The van der Waals surface area contributed by atoms with E-state index >= 15 is 0 Å². The molecule has 0 radical (unpaired) electrons. The monoisotopic (exact) mass is 425 g/mol. The molecule has 152 valence electrons. The van der Waals surface area contributed by atoms with E-state index in [2.05, 4.69) is 10.5 Å². The van der Waals surface area contributed by atoms with Crippen LogP contribution < -0.4 is 5.32 Å². The normalized spacial score (nSPS) is 11.0. The molecule has 2 heterocycles. The zero-order valence-electron chi connectivity index (χ0n) is 17.0. The summed E-state index contributed by atoms with van der Waals surface area (Å²) in [5.41, 5.74) is 6.66. The fraction of sp³-hybridized carbons (Fsp3) is 0.0800. The molecule has 5 rings (SSSR count). The lowest BCUT2D eigenvalue weighted by Crippen LogP contribution is -2.11. The summed E-state index contributed by atoms with van der Waals surface area (Å²) < 4.78 is 5.48. The molecular formula is C25H19N3O2S. The second kappa shape index (κ2) is 7.81. The van der Waals surface area contributed by atoms with Crippen LogP contribution in [0.2, 0.25) is 0 Å². The van der Waals surface area contributed by atoms with E-state index in [0.29, 0.717) is 16.8 Å². The third-order valence-corrected chi connectivity index (χ3v) is 6.16. The van der Waals surface area contributed by atoms with Crippen LogP contribution in [0.15, 0.2) is 76.6 Å². The second-order valence-electron chi connectivity index (χ2n) is 7.40. The van der Waals surface area contributed by atoms with Gasteiger partial charge >= 0.3 is 0 Å². The molecule has 0 bridgehead atoms. The van der Waals surface area contributed by atoms with Crippen molar-refractivity contribution in [1.29, 1.82) is 0 Å². The minimum Gasteiger partial charge on any atom is -0.356 e. The second-order valence-corrected chi connectivity index (χ2v) is 8.26. The molecule has 2 aromatic heterocycles. The first-order chi connectivity index (χ1) is 15.1. The molecule has 0 aliphatic carbocycles. The van der Waals surface area contributed by atoms with Crippen molar-refractivity contribution in [3.05, 3.63) is 88.8 Å². The van der Waals surface area contributed by atoms with Gasteiger partial charge in [0.2, 0.25) is 0 Å². The van der Waals surface area contributed by atoms with Crippen LogP contribution in [-0.2, 0) is 0 Å². The topological polar surface area (TPSA) is 68.0 Å². The van der Waals surface area contributed by atoms with Gasteiger partial charge in [-0.05, 0) is 55.3 Å². The lowest BCUT2D eigenvalue weighted by atomic mass is 10.1. The molecule has 0 saturated heterocycles. The van der Waals surface area contributed by atoms with E-state index in [9.17, 15) is 4.79 Å². The quantitative estimate of drug-likeness (QED) is 0.357. The summed E-state index contributed by atoms with van der Waals surface area (Å²) in [6, 6.07) is 21.2. The van der Waals surface area contributed by atoms with Crippen LogP contribution in [0, 0.1) is 13.8 Å². The molecule has 0 aliphatic heterocycles. The summed E-state index contributed by atoms with van der Waals surface area (Å²) in [7, 11) is 0. The highest BCUT2D eigenvalue weighted by atomic mass is 32.1. The lowest BCUT2D eigenvalue weighted by Gasteiger charge is -2.08. The van der Waals surface area contributed by atoms with Gasteiger partial charge in [-0.15, -0.1) is 11.3 Å². The minimum atomic E-state index is -0.180. The Morgan fingerprint density at radius 2 is 1.81 bits per heavy atom. The summed E-state index contributed by atoms with van der Waals surface area (Å²) >= 11 is 1.55. The summed E-state index contributed by atoms with van der Waals surface area (Å²) in [6.07, 6.45) is 0. The standard InChI is InChI=1S/C25H19N3O2S/c1-15-8-10-19(12-16(15)2)26-24(29)18-9-11-22-20(13-18)23(28-30-22)21-14-31-25(27-21)17-6-4-3-5-7-17/h3-14H,1-2H3,(H,26,29). The van der Waals surface area contributed by atoms with Gasteiger partial charge in [-0.2, -0.15) is 0 Å². The van der Waals surface area contributed by atoms with Crippen molar-refractivity contribution < 1.29 is 9.32 Å². The van der Waals surface area contributed by atoms with Crippen molar-refractivity contribution in [3.8, 4) is 22.0 Å². The van der Waals surface area contributed by atoms with E-state index in [1.165, 1.54) is 5.56 Å². The van der Waals surface area contributed by atoms with E-state index in [-0.39, 0.29) is 5.91 Å². The average Bonchev–Trinajstić information content (AvgIpc) is 3.43.